The monoisotopic (exact) mass is 491 g/mol. The highest BCUT2D eigenvalue weighted by atomic mass is 32.1. The van der Waals surface area contributed by atoms with Crippen molar-refractivity contribution in [3.8, 4) is 11.1 Å². The van der Waals surface area contributed by atoms with Gasteiger partial charge in [-0.3, -0.25) is 5.32 Å². The van der Waals surface area contributed by atoms with Crippen LogP contribution in [0.15, 0.2) is 60.9 Å². The summed E-state index contributed by atoms with van der Waals surface area (Å²) in [6.07, 6.45) is 1.65. The van der Waals surface area contributed by atoms with Crippen LogP contribution in [0, 0.1) is 13.8 Å². The fraction of sp³-hybridized carbons (Fsp3) is 0.200. The lowest BCUT2D eigenvalue weighted by molar-refractivity contribution is 0.0529. The average Bonchev–Trinajstić information content (AvgIpc) is 3.37. The Bertz CT molecular complexity index is 1310. The third-order valence-corrected chi connectivity index (χ3v) is 6.27. The number of hydrogen-bond donors (Lipinski definition) is 2. The van der Waals surface area contributed by atoms with Gasteiger partial charge in [0.1, 0.15) is 16.9 Å². The third-order valence-electron chi connectivity index (χ3n) is 5.04. The minimum absolute atomic E-state index is 0.284. The molecule has 0 aliphatic heterocycles. The average molecular weight is 492 g/mol. The molecule has 2 aromatic carbocycles. The smallest absolute Gasteiger partial charge is 0.341 e. The van der Waals surface area contributed by atoms with Gasteiger partial charge < -0.3 is 10.1 Å². The maximum atomic E-state index is 12.9. The van der Waals surface area contributed by atoms with Crippen LogP contribution in [-0.2, 0) is 11.3 Å². The van der Waals surface area contributed by atoms with Gasteiger partial charge in [-0.2, -0.15) is 0 Å². The molecule has 0 saturated carbocycles. The molecule has 7 nitrogen and oxygen atoms in total. The summed E-state index contributed by atoms with van der Waals surface area (Å²) in [5, 5.41) is 11.5. The zero-order chi connectivity index (χ0) is 24.1. The summed E-state index contributed by atoms with van der Waals surface area (Å²) in [5.74, 6) is -0.0176. The van der Waals surface area contributed by atoms with E-state index in [9.17, 15) is 4.79 Å². The van der Waals surface area contributed by atoms with Crippen molar-refractivity contribution in [3.63, 3.8) is 0 Å². The predicted octanol–water partition coefficient (Wildman–Crippen LogP) is 5.66. The molecule has 0 saturated heterocycles. The van der Waals surface area contributed by atoms with Crippen molar-refractivity contribution in [1.82, 2.24) is 14.8 Å². The van der Waals surface area contributed by atoms with Gasteiger partial charge in [-0.05, 0) is 44.1 Å². The second-order valence-electron chi connectivity index (χ2n) is 7.66. The standard InChI is InChI=1S/C25H25N5O2S2/c1-4-32-23(31)21-20(19-11-6-5-7-12-19)17(3)34-22(21)27-25(33)28-24-26-15-30(29-24)14-18-10-8-9-16(2)13-18/h5-13,15H,4,14H2,1-3H3,(H2,27,28,29,33). The summed E-state index contributed by atoms with van der Waals surface area (Å²) < 4.78 is 7.09. The van der Waals surface area contributed by atoms with Crippen molar-refractivity contribution >= 4 is 45.6 Å². The number of nitrogens with one attached hydrogen (secondary N) is 2. The normalized spacial score (nSPS) is 10.7. The zero-order valence-electron chi connectivity index (χ0n) is 19.2. The minimum atomic E-state index is -0.392. The molecule has 174 valence electrons. The third kappa shape index (κ3) is 5.49. The molecule has 0 bridgehead atoms. The quantitative estimate of drug-likeness (QED) is 0.255. The van der Waals surface area contributed by atoms with E-state index in [0.717, 1.165) is 21.6 Å². The van der Waals surface area contributed by atoms with Crippen molar-refractivity contribution < 1.29 is 9.53 Å². The van der Waals surface area contributed by atoms with Crippen LogP contribution in [0.4, 0.5) is 10.9 Å². The van der Waals surface area contributed by atoms with Crippen LogP contribution in [-0.4, -0.2) is 32.5 Å². The van der Waals surface area contributed by atoms with E-state index in [1.165, 1.54) is 16.9 Å². The summed E-state index contributed by atoms with van der Waals surface area (Å²) >= 11 is 6.95. The van der Waals surface area contributed by atoms with Crippen LogP contribution in [0.1, 0.15) is 33.3 Å². The zero-order valence-corrected chi connectivity index (χ0v) is 20.8. The Kier molecular flexibility index (Phi) is 7.34. The number of carbonyl (C=O) groups is 1. The molecule has 2 heterocycles. The first-order valence-electron chi connectivity index (χ1n) is 10.8. The van der Waals surface area contributed by atoms with E-state index >= 15 is 0 Å². The maximum Gasteiger partial charge on any atom is 0.341 e. The molecule has 0 fully saturated rings. The summed E-state index contributed by atoms with van der Waals surface area (Å²) in [6.45, 7) is 6.71. The molecule has 34 heavy (non-hydrogen) atoms. The molecular formula is C25H25N5O2S2. The molecule has 0 atom stereocenters. The number of thiocarbonyl (C=S) groups is 1. The Balaban J connectivity index is 1.52. The number of ether oxygens (including phenoxy) is 1. The highest BCUT2D eigenvalue weighted by Gasteiger charge is 2.25. The van der Waals surface area contributed by atoms with E-state index < -0.39 is 5.97 Å². The second-order valence-corrected chi connectivity index (χ2v) is 9.29. The van der Waals surface area contributed by atoms with E-state index in [2.05, 4.69) is 39.8 Å². The molecule has 2 aromatic heterocycles. The molecule has 0 aliphatic carbocycles. The number of hydrogen-bond acceptors (Lipinski definition) is 6. The van der Waals surface area contributed by atoms with Crippen molar-refractivity contribution in [3.05, 3.63) is 82.5 Å². The van der Waals surface area contributed by atoms with Crippen molar-refractivity contribution in [1.29, 1.82) is 0 Å². The Labute approximate surface area is 207 Å². The summed E-state index contributed by atoms with van der Waals surface area (Å²) in [4.78, 5) is 18.2. The molecule has 0 spiro atoms. The molecule has 0 unspecified atom stereocenters. The van der Waals surface area contributed by atoms with E-state index in [4.69, 9.17) is 17.0 Å². The minimum Gasteiger partial charge on any atom is -0.462 e. The molecule has 4 aromatic rings. The van der Waals surface area contributed by atoms with Gasteiger partial charge in [-0.25, -0.2) is 14.5 Å². The van der Waals surface area contributed by atoms with E-state index in [1.54, 1.807) is 17.9 Å². The number of aromatic nitrogens is 3. The van der Waals surface area contributed by atoms with Gasteiger partial charge in [0, 0.05) is 10.4 Å². The highest BCUT2D eigenvalue weighted by Crippen LogP contribution is 2.40. The first-order valence-corrected chi connectivity index (χ1v) is 12.1. The Morgan fingerprint density at radius 3 is 2.65 bits per heavy atom. The van der Waals surface area contributed by atoms with Gasteiger partial charge in [0.2, 0.25) is 5.95 Å². The molecule has 0 aliphatic rings. The van der Waals surface area contributed by atoms with Gasteiger partial charge in [-0.1, -0.05) is 60.2 Å². The van der Waals surface area contributed by atoms with Crippen LogP contribution in [0.2, 0.25) is 0 Å². The number of thiophene rings is 1. The molecule has 4 rings (SSSR count). The largest absolute Gasteiger partial charge is 0.462 e. The van der Waals surface area contributed by atoms with Gasteiger partial charge >= 0.3 is 5.97 Å². The summed E-state index contributed by atoms with van der Waals surface area (Å²) in [7, 11) is 0. The Hall–Kier alpha value is -3.56. The maximum absolute atomic E-state index is 12.9. The fourth-order valence-corrected chi connectivity index (χ4v) is 4.97. The van der Waals surface area contributed by atoms with E-state index in [-0.39, 0.29) is 6.61 Å². The number of carbonyl (C=O) groups excluding carboxylic acids is 1. The van der Waals surface area contributed by atoms with Gasteiger partial charge in [0.15, 0.2) is 5.11 Å². The van der Waals surface area contributed by atoms with Crippen LogP contribution in [0.3, 0.4) is 0 Å². The lowest BCUT2D eigenvalue weighted by Gasteiger charge is -2.10. The van der Waals surface area contributed by atoms with Crippen LogP contribution >= 0.6 is 23.6 Å². The molecule has 0 amide bonds. The summed E-state index contributed by atoms with van der Waals surface area (Å²) in [5.41, 5.74) is 4.59. The molecule has 9 heteroatoms. The number of esters is 1. The lowest BCUT2D eigenvalue weighted by Crippen LogP contribution is -2.21. The Morgan fingerprint density at radius 1 is 1.12 bits per heavy atom. The predicted molar refractivity (Wildman–Crippen MR) is 141 cm³/mol. The van der Waals surface area contributed by atoms with Crippen molar-refractivity contribution in [2.75, 3.05) is 17.2 Å². The summed E-state index contributed by atoms with van der Waals surface area (Å²) in [6, 6.07) is 18.0. The number of nitrogens with zero attached hydrogens (tertiary/aromatic N) is 3. The van der Waals surface area contributed by atoms with Crippen LogP contribution in [0.25, 0.3) is 11.1 Å². The molecular weight excluding hydrogens is 466 g/mol. The van der Waals surface area contributed by atoms with Gasteiger partial charge in [0.05, 0.1) is 13.2 Å². The first-order chi connectivity index (χ1) is 16.4. The van der Waals surface area contributed by atoms with Crippen LogP contribution < -0.4 is 10.6 Å². The Morgan fingerprint density at radius 2 is 1.91 bits per heavy atom. The SMILES string of the molecule is CCOC(=O)c1c(NC(=S)Nc2ncn(Cc3cccc(C)c3)n2)sc(C)c1-c1ccccc1. The van der Waals surface area contributed by atoms with Crippen molar-refractivity contribution in [2.24, 2.45) is 0 Å². The van der Waals surface area contributed by atoms with E-state index in [0.29, 0.717) is 28.2 Å². The number of rotatable bonds is 7. The van der Waals surface area contributed by atoms with Crippen LogP contribution in [0.5, 0.6) is 0 Å². The number of anilines is 2. The highest BCUT2D eigenvalue weighted by molar-refractivity contribution is 7.80. The van der Waals surface area contributed by atoms with Gasteiger partial charge in [0.25, 0.3) is 0 Å². The molecule has 0 radical (unpaired) electrons. The number of benzene rings is 2. The van der Waals surface area contributed by atoms with Crippen molar-refractivity contribution in [2.45, 2.75) is 27.3 Å². The van der Waals surface area contributed by atoms with Gasteiger partial charge in [-0.15, -0.1) is 16.4 Å². The second kappa shape index (κ2) is 10.6. The number of aryl methyl sites for hydroxylation is 2. The fourth-order valence-electron chi connectivity index (χ4n) is 3.64. The molecule has 2 N–H and O–H groups in total. The first kappa shape index (κ1) is 23.6. The topological polar surface area (TPSA) is 81.1 Å². The van der Waals surface area contributed by atoms with E-state index in [1.807, 2.05) is 49.4 Å². The lowest BCUT2D eigenvalue weighted by atomic mass is 10.0.